The van der Waals surface area contributed by atoms with Gasteiger partial charge >= 0.3 is 0 Å². The Balaban J connectivity index is 1.65. The van der Waals surface area contributed by atoms with Crippen molar-refractivity contribution in [2.45, 2.75) is 31.7 Å². The van der Waals surface area contributed by atoms with Crippen LogP contribution in [0.15, 0.2) is 17.5 Å². The van der Waals surface area contributed by atoms with Crippen LogP contribution in [0.25, 0.3) is 0 Å². The van der Waals surface area contributed by atoms with E-state index < -0.39 is 0 Å². The highest BCUT2D eigenvalue weighted by Gasteiger charge is 2.40. The molecule has 2 aliphatic rings. The van der Waals surface area contributed by atoms with Gasteiger partial charge in [-0.05, 0) is 24.3 Å². The van der Waals surface area contributed by atoms with Crippen LogP contribution < -0.4 is 11.1 Å². The molecular formula is C17H27N3O2S. The first-order chi connectivity index (χ1) is 11.2. The third-order valence-electron chi connectivity index (χ3n) is 5.25. The number of hydrogen-bond acceptors (Lipinski definition) is 5. The second-order valence-corrected chi connectivity index (χ2v) is 7.56. The average molecular weight is 337 g/mol. The number of nitrogens with zero attached hydrogens (tertiary/aromatic N) is 1. The van der Waals surface area contributed by atoms with E-state index in [0.717, 1.165) is 52.0 Å². The lowest BCUT2D eigenvalue weighted by Gasteiger charge is -2.35. The summed E-state index contributed by atoms with van der Waals surface area (Å²) in [5, 5.41) is 5.31. The summed E-state index contributed by atoms with van der Waals surface area (Å²) in [5.74, 6) is 0.146. The van der Waals surface area contributed by atoms with Crippen molar-refractivity contribution in [2.75, 3.05) is 39.4 Å². The van der Waals surface area contributed by atoms with Crippen molar-refractivity contribution in [1.82, 2.24) is 10.2 Å². The van der Waals surface area contributed by atoms with Crippen LogP contribution in [0.2, 0.25) is 0 Å². The third-order valence-corrected chi connectivity index (χ3v) is 6.22. The highest BCUT2D eigenvalue weighted by Crippen LogP contribution is 2.37. The number of thiophene rings is 1. The molecule has 1 saturated heterocycles. The standard InChI is InChI=1S/C17H27N3O2S/c18-13-17(5-1-2-6-17)16(21)19-12-14(15-4-3-11-23-15)20-7-9-22-10-8-20/h3-4,11,14H,1-2,5-10,12-13,18H2,(H,19,21). The maximum absolute atomic E-state index is 12.7. The van der Waals surface area contributed by atoms with Crippen LogP contribution in [-0.2, 0) is 9.53 Å². The first-order valence-electron chi connectivity index (χ1n) is 8.59. The zero-order chi connectivity index (χ0) is 16.1. The molecule has 0 aromatic carbocycles. The van der Waals surface area contributed by atoms with Crippen molar-refractivity contribution >= 4 is 17.2 Å². The SMILES string of the molecule is NCC1(C(=O)NCC(c2cccs2)N2CCOCC2)CCCC1. The summed E-state index contributed by atoms with van der Waals surface area (Å²) in [6.07, 6.45) is 4.08. The minimum atomic E-state index is -0.328. The molecule has 6 heteroatoms. The van der Waals surface area contributed by atoms with Crippen LogP contribution in [0.5, 0.6) is 0 Å². The molecule has 2 fully saturated rings. The normalized spacial score (nSPS) is 22.8. The molecule has 1 aliphatic heterocycles. The number of nitrogens with one attached hydrogen (secondary N) is 1. The fraction of sp³-hybridized carbons (Fsp3) is 0.706. The van der Waals surface area contributed by atoms with Gasteiger partial charge in [-0.1, -0.05) is 18.9 Å². The summed E-state index contributed by atoms with van der Waals surface area (Å²) in [6.45, 7) is 4.48. The molecule has 1 aliphatic carbocycles. The van der Waals surface area contributed by atoms with Crippen LogP contribution in [0, 0.1) is 5.41 Å². The van der Waals surface area contributed by atoms with E-state index in [1.54, 1.807) is 11.3 Å². The molecule has 1 aromatic rings. The molecule has 0 bridgehead atoms. The Bertz CT molecular complexity index is 494. The Hall–Kier alpha value is -0.950. The van der Waals surface area contributed by atoms with Gasteiger partial charge in [0.2, 0.25) is 5.91 Å². The van der Waals surface area contributed by atoms with Crippen LogP contribution >= 0.6 is 11.3 Å². The molecule has 128 valence electrons. The van der Waals surface area contributed by atoms with Crippen LogP contribution in [0.3, 0.4) is 0 Å². The first kappa shape index (κ1) is 16.9. The van der Waals surface area contributed by atoms with Gasteiger partial charge in [-0.25, -0.2) is 0 Å². The lowest BCUT2D eigenvalue weighted by atomic mass is 9.85. The van der Waals surface area contributed by atoms with E-state index >= 15 is 0 Å². The number of ether oxygens (including phenoxy) is 1. The van der Waals surface area contributed by atoms with Crippen molar-refractivity contribution in [3.63, 3.8) is 0 Å². The van der Waals surface area contributed by atoms with Crippen molar-refractivity contribution in [2.24, 2.45) is 11.1 Å². The summed E-state index contributed by atoms with van der Waals surface area (Å²) < 4.78 is 5.47. The predicted molar refractivity (Wildman–Crippen MR) is 92.4 cm³/mol. The van der Waals surface area contributed by atoms with Crippen molar-refractivity contribution in [3.05, 3.63) is 22.4 Å². The molecule has 1 saturated carbocycles. The predicted octanol–water partition coefficient (Wildman–Crippen LogP) is 1.76. The molecule has 1 unspecified atom stereocenters. The Morgan fingerprint density at radius 3 is 2.74 bits per heavy atom. The molecule has 5 nitrogen and oxygen atoms in total. The number of carbonyl (C=O) groups is 1. The largest absolute Gasteiger partial charge is 0.379 e. The Labute approximate surface area is 142 Å². The third kappa shape index (κ3) is 3.76. The molecule has 1 atom stereocenters. The molecular weight excluding hydrogens is 310 g/mol. The van der Waals surface area contributed by atoms with Gasteiger partial charge in [-0.15, -0.1) is 11.3 Å². The van der Waals surface area contributed by atoms with Gasteiger partial charge in [0, 0.05) is 31.1 Å². The lowest BCUT2D eigenvalue weighted by Crippen LogP contribution is -2.48. The zero-order valence-electron chi connectivity index (χ0n) is 13.6. The minimum Gasteiger partial charge on any atom is -0.379 e. The molecule has 23 heavy (non-hydrogen) atoms. The summed E-state index contributed by atoms with van der Waals surface area (Å²) in [6, 6.07) is 4.47. The van der Waals surface area contributed by atoms with E-state index in [1.807, 2.05) is 0 Å². The maximum atomic E-state index is 12.7. The summed E-state index contributed by atoms with van der Waals surface area (Å²) in [4.78, 5) is 16.4. The minimum absolute atomic E-state index is 0.146. The van der Waals surface area contributed by atoms with Gasteiger partial charge in [0.15, 0.2) is 0 Å². The second-order valence-electron chi connectivity index (χ2n) is 6.58. The van der Waals surface area contributed by atoms with E-state index in [2.05, 4.69) is 27.7 Å². The van der Waals surface area contributed by atoms with E-state index in [1.165, 1.54) is 4.88 Å². The molecule has 1 amide bonds. The van der Waals surface area contributed by atoms with Crippen molar-refractivity contribution < 1.29 is 9.53 Å². The van der Waals surface area contributed by atoms with Crippen LogP contribution in [0.1, 0.15) is 36.6 Å². The summed E-state index contributed by atoms with van der Waals surface area (Å²) >= 11 is 1.75. The molecule has 3 rings (SSSR count). The molecule has 3 N–H and O–H groups in total. The van der Waals surface area contributed by atoms with E-state index in [-0.39, 0.29) is 17.4 Å². The fourth-order valence-corrected chi connectivity index (χ4v) is 4.59. The average Bonchev–Trinajstić information content (AvgIpc) is 3.28. The number of morpholine rings is 1. The quantitative estimate of drug-likeness (QED) is 0.830. The highest BCUT2D eigenvalue weighted by molar-refractivity contribution is 7.10. The van der Waals surface area contributed by atoms with E-state index in [4.69, 9.17) is 10.5 Å². The number of carbonyl (C=O) groups excluding carboxylic acids is 1. The van der Waals surface area contributed by atoms with Gasteiger partial charge in [-0.3, -0.25) is 9.69 Å². The highest BCUT2D eigenvalue weighted by atomic mass is 32.1. The summed E-state index contributed by atoms with van der Waals surface area (Å²) in [5.41, 5.74) is 5.60. The Morgan fingerprint density at radius 1 is 1.39 bits per heavy atom. The number of hydrogen-bond donors (Lipinski definition) is 2. The zero-order valence-corrected chi connectivity index (χ0v) is 14.4. The molecule has 2 heterocycles. The van der Waals surface area contributed by atoms with Crippen LogP contribution in [0.4, 0.5) is 0 Å². The van der Waals surface area contributed by atoms with Crippen molar-refractivity contribution in [3.8, 4) is 0 Å². The van der Waals surface area contributed by atoms with E-state index in [0.29, 0.717) is 13.1 Å². The smallest absolute Gasteiger partial charge is 0.227 e. The monoisotopic (exact) mass is 337 g/mol. The fourth-order valence-electron chi connectivity index (χ4n) is 3.73. The van der Waals surface area contributed by atoms with Crippen LogP contribution in [-0.4, -0.2) is 50.2 Å². The summed E-state index contributed by atoms with van der Waals surface area (Å²) in [7, 11) is 0. The Morgan fingerprint density at radius 2 is 2.13 bits per heavy atom. The van der Waals surface area contributed by atoms with Gasteiger partial charge in [-0.2, -0.15) is 0 Å². The van der Waals surface area contributed by atoms with Crippen molar-refractivity contribution in [1.29, 1.82) is 0 Å². The molecule has 0 spiro atoms. The second kappa shape index (κ2) is 7.75. The number of rotatable bonds is 6. The van der Waals surface area contributed by atoms with E-state index in [9.17, 15) is 4.79 Å². The maximum Gasteiger partial charge on any atom is 0.227 e. The van der Waals surface area contributed by atoms with Gasteiger partial charge in [0.1, 0.15) is 0 Å². The number of nitrogens with two attached hydrogens (primary N) is 1. The first-order valence-corrected chi connectivity index (χ1v) is 9.47. The Kier molecular flexibility index (Phi) is 5.69. The lowest BCUT2D eigenvalue weighted by molar-refractivity contribution is -0.130. The molecule has 1 aromatic heterocycles. The molecule has 0 radical (unpaired) electrons. The van der Waals surface area contributed by atoms with Gasteiger partial charge in [0.05, 0.1) is 24.7 Å². The van der Waals surface area contributed by atoms with Gasteiger partial charge in [0.25, 0.3) is 0 Å². The van der Waals surface area contributed by atoms with Gasteiger partial charge < -0.3 is 15.8 Å². The number of amides is 1. The topological polar surface area (TPSA) is 67.6 Å².